The predicted molar refractivity (Wildman–Crippen MR) is 116 cm³/mol. The van der Waals surface area contributed by atoms with Crippen LogP contribution in [0.25, 0.3) is 0 Å². The van der Waals surface area contributed by atoms with Crippen molar-refractivity contribution in [2.75, 3.05) is 32.7 Å². The molecule has 0 aromatic heterocycles. The van der Waals surface area contributed by atoms with E-state index in [1.807, 2.05) is 0 Å². The molecule has 1 saturated heterocycles. The fraction of sp³-hybridized carbons (Fsp3) is 0.520. The molecule has 1 fully saturated rings. The molecule has 1 heterocycles. The van der Waals surface area contributed by atoms with Crippen LogP contribution in [0.1, 0.15) is 45.2 Å². The fourth-order valence-corrected chi connectivity index (χ4v) is 4.85. The van der Waals surface area contributed by atoms with Gasteiger partial charge in [0.15, 0.2) is 0 Å². The first-order chi connectivity index (χ1) is 13.1. The molecule has 2 heteroatoms. The maximum atomic E-state index is 2.69. The molecular formula is C25H36N2. The van der Waals surface area contributed by atoms with Crippen molar-refractivity contribution in [1.29, 1.82) is 0 Å². The third kappa shape index (κ3) is 4.12. The quantitative estimate of drug-likeness (QED) is 0.647. The zero-order valence-corrected chi connectivity index (χ0v) is 17.6. The number of hydrogen-bond donors (Lipinski definition) is 0. The van der Waals surface area contributed by atoms with Crippen LogP contribution in [0.2, 0.25) is 0 Å². The molecule has 0 spiro atoms. The second-order valence-corrected chi connectivity index (χ2v) is 8.24. The number of nitrogens with zero attached hydrogens (tertiary/aromatic N) is 2. The molecule has 0 amide bonds. The van der Waals surface area contributed by atoms with Crippen molar-refractivity contribution < 1.29 is 0 Å². The minimum absolute atomic E-state index is 0.0833. The van der Waals surface area contributed by atoms with Gasteiger partial charge in [-0.2, -0.15) is 0 Å². The highest BCUT2D eigenvalue weighted by Gasteiger charge is 2.48. The Balaban J connectivity index is 2.04. The standard InChI is InChI=1S/C25H36N2/c1-5-26(6-2)18-17-24-19-27(21(3)4)20-25(24,22-13-9-7-10-14-22)23-15-11-8-12-16-23/h7-16,21,24H,5-6,17-20H2,1-4H3/t24-/m1/s1. The van der Waals surface area contributed by atoms with Crippen molar-refractivity contribution in [3.63, 3.8) is 0 Å². The van der Waals surface area contributed by atoms with Crippen molar-refractivity contribution in [2.45, 2.75) is 45.6 Å². The molecule has 0 radical (unpaired) electrons. The van der Waals surface area contributed by atoms with Gasteiger partial charge in [0.1, 0.15) is 0 Å². The highest BCUT2D eigenvalue weighted by Crippen LogP contribution is 2.46. The van der Waals surface area contributed by atoms with Gasteiger partial charge in [-0.15, -0.1) is 0 Å². The lowest BCUT2D eigenvalue weighted by molar-refractivity contribution is 0.244. The smallest absolute Gasteiger partial charge is 0.0370 e. The van der Waals surface area contributed by atoms with Gasteiger partial charge in [0, 0.05) is 24.5 Å². The van der Waals surface area contributed by atoms with Gasteiger partial charge in [0.2, 0.25) is 0 Å². The van der Waals surface area contributed by atoms with Crippen LogP contribution in [0.4, 0.5) is 0 Å². The third-order valence-corrected chi connectivity index (χ3v) is 6.60. The third-order valence-electron chi connectivity index (χ3n) is 6.60. The van der Waals surface area contributed by atoms with E-state index in [0.29, 0.717) is 12.0 Å². The first-order valence-corrected chi connectivity index (χ1v) is 10.7. The molecule has 146 valence electrons. The lowest BCUT2D eigenvalue weighted by atomic mass is 9.66. The molecule has 2 aromatic carbocycles. The van der Waals surface area contributed by atoms with E-state index in [1.54, 1.807) is 0 Å². The van der Waals surface area contributed by atoms with E-state index in [1.165, 1.54) is 30.6 Å². The van der Waals surface area contributed by atoms with Crippen molar-refractivity contribution in [3.8, 4) is 0 Å². The van der Waals surface area contributed by atoms with Gasteiger partial charge in [-0.25, -0.2) is 0 Å². The highest BCUT2D eigenvalue weighted by atomic mass is 15.2. The van der Waals surface area contributed by atoms with E-state index < -0.39 is 0 Å². The zero-order chi connectivity index (χ0) is 19.3. The normalized spacial score (nSPS) is 19.9. The van der Waals surface area contributed by atoms with Crippen LogP contribution < -0.4 is 0 Å². The molecule has 0 unspecified atom stereocenters. The van der Waals surface area contributed by atoms with Gasteiger partial charge in [-0.05, 0) is 56.9 Å². The lowest BCUT2D eigenvalue weighted by Crippen LogP contribution is -2.39. The summed E-state index contributed by atoms with van der Waals surface area (Å²) in [5, 5.41) is 0. The van der Waals surface area contributed by atoms with Crippen molar-refractivity contribution in [2.24, 2.45) is 5.92 Å². The molecule has 2 aromatic rings. The molecule has 27 heavy (non-hydrogen) atoms. The Labute approximate surface area is 166 Å². The largest absolute Gasteiger partial charge is 0.304 e. The number of hydrogen-bond acceptors (Lipinski definition) is 2. The Hall–Kier alpha value is -1.64. The van der Waals surface area contributed by atoms with Gasteiger partial charge in [-0.3, -0.25) is 4.90 Å². The number of rotatable bonds is 8. The summed E-state index contributed by atoms with van der Waals surface area (Å²) in [4.78, 5) is 5.26. The molecule has 1 aliphatic rings. The fourth-order valence-electron chi connectivity index (χ4n) is 4.85. The average molecular weight is 365 g/mol. The Kier molecular flexibility index (Phi) is 6.73. The summed E-state index contributed by atoms with van der Waals surface area (Å²) in [5.74, 6) is 0.630. The molecule has 2 nitrogen and oxygen atoms in total. The van der Waals surface area contributed by atoms with E-state index in [2.05, 4.69) is 98.2 Å². The number of likely N-dealkylation sites (tertiary alicyclic amines) is 1. The van der Waals surface area contributed by atoms with Crippen LogP contribution in [0.5, 0.6) is 0 Å². The van der Waals surface area contributed by atoms with Gasteiger partial charge >= 0.3 is 0 Å². The molecule has 1 atom stereocenters. The second-order valence-electron chi connectivity index (χ2n) is 8.24. The maximum Gasteiger partial charge on any atom is 0.0370 e. The molecule has 0 aliphatic carbocycles. The van der Waals surface area contributed by atoms with Crippen LogP contribution in [-0.2, 0) is 5.41 Å². The van der Waals surface area contributed by atoms with Crippen LogP contribution in [0.3, 0.4) is 0 Å². The first-order valence-electron chi connectivity index (χ1n) is 10.7. The minimum Gasteiger partial charge on any atom is -0.304 e. The average Bonchev–Trinajstić information content (AvgIpc) is 3.11. The predicted octanol–water partition coefficient (Wildman–Crippen LogP) is 5.04. The minimum atomic E-state index is 0.0833. The summed E-state index contributed by atoms with van der Waals surface area (Å²) in [5.41, 5.74) is 3.03. The van der Waals surface area contributed by atoms with Gasteiger partial charge < -0.3 is 4.90 Å². The molecule has 1 aliphatic heterocycles. The van der Waals surface area contributed by atoms with Gasteiger partial charge in [-0.1, -0.05) is 74.5 Å². The summed E-state index contributed by atoms with van der Waals surface area (Å²) < 4.78 is 0. The number of benzene rings is 2. The zero-order valence-electron chi connectivity index (χ0n) is 17.6. The van der Waals surface area contributed by atoms with Crippen molar-refractivity contribution in [1.82, 2.24) is 9.80 Å². The Morgan fingerprint density at radius 2 is 1.44 bits per heavy atom. The molecule has 3 rings (SSSR count). The lowest BCUT2D eigenvalue weighted by Gasteiger charge is -2.37. The molecular weight excluding hydrogens is 328 g/mol. The van der Waals surface area contributed by atoms with Crippen LogP contribution >= 0.6 is 0 Å². The monoisotopic (exact) mass is 364 g/mol. The van der Waals surface area contributed by atoms with E-state index in [0.717, 1.165) is 19.6 Å². The Bertz CT molecular complexity index is 636. The highest BCUT2D eigenvalue weighted by molar-refractivity contribution is 5.42. The molecule has 0 N–H and O–H groups in total. The topological polar surface area (TPSA) is 6.48 Å². The summed E-state index contributed by atoms with van der Waals surface area (Å²) in [7, 11) is 0. The Morgan fingerprint density at radius 1 is 0.926 bits per heavy atom. The molecule has 0 saturated carbocycles. The SMILES string of the molecule is CCN(CC)CC[C@@H]1CN(C(C)C)CC1(c1ccccc1)c1ccccc1. The first kappa shape index (κ1) is 20.1. The summed E-state index contributed by atoms with van der Waals surface area (Å²) in [6.45, 7) is 15.0. The maximum absolute atomic E-state index is 2.69. The van der Waals surface area contributed by atoms with Crippen LogP contribution in [0.15, 0.2) is 60.7 Å². The van der Waals surface area contributed by atoms with Crippen LogP contribution in [0, 0.1) is 5.92 Å². The summed E-state index contributed by atoms with van der Waals surface area (Å²) >= 11 is 0. The Morgan fingerprint density at radius 3 is 1.89 bits per heavy atom. The second kappa shape index (κ2) is 9.03. The van der Waals surface area contributed by atoms with Gasteiger partial charge in [0.05, 0.1) is 0 Å². The van der Waals surface area contributed by atoms with Crippen LogP contribution in [-0.4, -0.2) is 48.6 Å². The van der Waals surface area contributed by atoms with E-state index in [-0.39, 0.29) is 5.41 Å². The van der Waals surface area contributed by atoms with E-state index in [4.69, 9.17) is 0 Å². The van der Waals surface area contributed by atoms with Gasteiger partial charge in [0.25, 0.3) is 0 Å². The van der Waals surface area contributed by atoms with E-state index in [9.17, 15) is 0 Å². The summed E-state index contributed by atoms with van der Waals surface area (Å²) in [6.07, 6.45) is 1.24. The van der Waals surface area contributed by atoms with Crippen molar-refractivity contribution >= 4 is 0 Å². The van der Waals surface area contributed by atoms with Crippen molar-refractivity contribution in [3.05, 3.63) is 71.8 Å². The summed E-state index contributed by atoms with van der Waals surface area (Å²) in [6, 6.07) is 23.1. The van der Waals surface area contributed by atoms with E-state index >= 15 is 0 Å². The molecule has 0 bridgehead atoms.